The number of nitrogens with zero attached hydrogens (tertiary/aromatic N) is 1. The summed E-state index contributed by atoms with van der Waals surface area (Å²) in [6.45, 7) is 2.51. The summed E-state index contributed by atoms with van der Waals surface area (Å²) in [6.07, 6.45) is 5.34. The van der Waals surface area contributed by atoms with Crippen LogP contribution in [0.15, 0.2) is 28.0 Å². The third-order valence-corrected chi connectivity index (χ3v) is 5.70. The van der Waals surface area contributed by atoms with E-state index in [0.717, 1.165) is 31.5 Å². The van der Waals surface area contributed by atoms with Crippen LogP contribution in [0.25, 0.3) is 6.08 Å². The standard InChI is InChI=1S/C14H18N2O2S/c15-12-4-5-14-11(8-12)9-13(19(14,17)18)10-16-6-2-1-3-7-16/h4-5,8-9H,1-3,6-7,10,15H2. The van der Waals surface area contributed by atoms with Crippen molar-refractivity contribution < 1.29 is 8.42 Å². The van der Waals surface area contributed by atoms with Crippen LogP contribution >= 0.6 is 0 Å². The molecule has 3 rings (SSSR count). The van der Waals surface area contributed by atoms with Gasteiger partial charge in [0.25, 0.3) is 0 Å². The van der Waals surface area contributed by atoms with Crippen molar-refractivity contribution in [2.75, 3.05) is 25.4 Å². The first-order valence-corrected chi connectivity index (χ1v) is 8.13. The molecule has 2 aliphatic rings. The summed E-state index contributed by atoms with van der Waals surface area (Å²) in [5, 5.41) is 0. The lowest BCUT2D eigenvalue weighted by molar-refractivity contribution is 0.250. The molecule has 1 aromatic carbocycles. The average Bonchev–Trinajstić information content (AvgIpc) is 2.62. The first-order chi connectivity index (χ1) is 9.07. The number of piperidine rings is 1. The Kier molecular flexibility index (Phi) is 3.11. The van der Waals surface area contributed by atoms with Crippen LogP contribution in [-0.2, 0) is 9.84 Å². The molecule has 102 valence electrons. The molecular weight excluding hydrogens is 260 g/mol. The average molecular weight is 278 g/mol. The van der Waals surface area contributed by atoms with E-state index in [1.54, 1.807) is 24.3 Å². The molecule has 0 aromatic heterocycles. The van der Waals surface area contributed by atoms with Crippen LogP contribution in [-0.4, -0.2) is 33.0 Å². The van der Waals surface area contributed by atoms with E-state index in [0.29, 0.717) is 22.0 Å². The van der Waals surface area contributed by atoms with Gasteiger partial charge in [0.2, 0.25) is 9.84 Å². The molecule has 0 bridgehead atoms. The quantitative estimate of drug-likeness (QED) is 0.839. The molecule has 4 nitrogen and oxygen atoms in total. The largest absolute Gasteiger partial charge is 0.399 e. The first-order valence-electron chi connectivity index (χ1n) is 6.65. The Morgan fingerprint density at radius 2 is 1.89 bits per heavy atom. The Labute approximate surface area is 113 Å². The van der Waals surface area contributed by atoms with Gasteiger partial charge in [-0.05, 0) is 55.8 Å². The van der Waals surface area contributed by atoms with Crippen LogP contribution < -0.4 is 5.73 Å². The maximum Gasteiger partial charge on any atom is 0.204 e. The third kappa shape index (κ3) is 2.28. The van der Waals surface area contributed by atoms with E-state index in [-0.39, 0.29) is 0 Å². The van der Waals surface area contributed by atoms with Crippen LogP contribution in [0.1, 0.15) is 24.8 Å². The Morgan fingerprint density at radius 3 is 2.63 bits per heavy atom. The van der Waals surface area contributed by atoms with Crippen molar-refractivity contribution in [3.05, 3.63) is 28.7 Å². The topological polar surface area (TPSA) is 63.4 Å². The Hall–Kier alpha value is -1.33. The minimum absolute atomic E-state index is 0.397. The SMILES string of the molecule is Nc1ccc2c(c1)C=C(CN1CCCCC1)S2(=O)=O. The molecule has 0 atom stereocenters. The molecule has 2 aliphatic heterocycles. The van der Waals surface area contributed by atoms with Crippen molar-refractivity contribution in [1.82, 2.24) is 4.90 Å². The molecule has 1 fully saturated rings. The van der Waals surface area contributed by atoms with Crippen molar-refractivity contribution in [1.29, 1.82) is 0 Å². The zero-order valence-electron chi connectivity index (χ0n) is 10.8. The molecule has 1 saturated heterocycles. The highest BCUT2D eigenvalue weighted by atomic mass is 32.2. The number of hydrogen-bond donors (Lipinski definition) is 1. The van der Waals surface area contributed by atoms with Crippen LogP contribution in [0.2, 0.25) is 0 Å². The molecule has 0 amide bonds. The van der Waals surface area contributed by atoms with Gasteiger partial charge in [-0.2, -0.15) is 0 Å². The predicted molar refractivity (Wildman–Crippen MR) is 76.3 cm³/mol. The van der Waals surface area contributed by atoms with Gasteiger partial charge < -0.3 is 5.73 Å². The third-order valence-electron chi connectivity index (χ3n) is 3.81. The summed E-state index contributed by atoms with van der Waals surface area (Å²) in [5.74, 6) is 0. The number of nitrogens with two attached hydrogens (primary N) is 1. The fraction of sp³-hybridized carbons (Fsp3) is 0.429. The minimum Gasteiger partial charge on any atom is -0.399 e. The van der Waals surface area contributed by atoms with Gasteiger partial charge in [-0.15, -0.1) is 0 Å². The number of anilines is 1. The molecule has 2 N–H and O–H groups in total. The lowest BCUT2D eigenvalue weighted by Gasteiger charge is -2.26. The lowest BCUT2D eigenvalue weighted by Crippen LogP contribution is -2.32. The van der Waals surface area contributed by atoms with Crippen molar-refractivity contribution >= 4 is 21.6 Å². The van der Waals surface area contributed by atoms with Crippen molar-refractivity contribution in [2.45, 2.75) is 24.2 Å². The molecule has 0 aliphatic carbocycles. The van der Waals surface area contributed by atoms with Crippen molar-refractivity contribution in [3.8, 4) is 0 Å². The number of fused-ring (bicyclic) bond motifs is 1. The number of likely N-dealkylation sites (tertiary alicyclic amines) is 1. The molecular formula is C14H18N2O2S. The van der Waals surface area contributed by atoms with E-state index in [2.05, 4.69) is 4.90 Å². The summed E-state index contributed by atoms with van der Waals surface area (Å²) >= 11 is 0. The number of sulfone groups is 1. The van der Waals surface area contributed by atoms with E-state index in [9.17, 15) is 8.42 Å². The Morgan fingerprint density at radius 1 is 1.16 bits per heavy atom. The van der Waals surface area contributed by atoms with Crippen LogP contribution in [0.4, 0.5) is 5.69 Å². The van der Waals surface area contributed by atoms with Gasteiger partial charge in [0.1, 0.15) is 0 Å². The zero-order valence-corrected chi connectivity index (χ0v) is 11.6. The monoisotopic (exact) mass is 278 g/mol. The van der Waals surface area contributed by atoms with Crippen LogP contribution in [0, 0.1) is 0 Å². The number of rotatable bonds is 2. The normalized spacial score (nSPS) is 22.0. The second-order valence-corrected chi connectivity index (χ2v) is 7.22. The van der Waals surface area contributed by atoms with Gasteiger partial charge in [-0.3, -0.25) is 4.90 Å². The van der Waals surface area contributed by atoms with Gasteiger partial charge in [-0.1, -0.05) is 6.42 Å². The highest BCUT2D eigenvalue weighted by Gasteiger charge is 2.30. The van der Waals surface area contributed by atoms with Crippen LogP contribution in [0.5, 0.6) is 0 Å². The van der Waals surface area contributed by atoms with E-state index in [4.69, 9.17) is 5.73 Å². The smallest absolute Gasteiger partial charge is 0.204 e. The van der Waals surface area contributed by atoms with Crippen molar-refractivity contribution in [3.63, 3.8) is 0 Å². The molecule has 5 heteroatoms. The molecule has 1 aromatic rings. The maximum atomic E-state index is 12.4. The predicted octanol–water partition coefficient (Wildman–Crippen LogP) is 1.88. The number of hydrogen-bond acceptors (Lipinski definition) is 4. The molecule has 0 radical (unpaired) electrons. The summed E-state index contributed by atoms with van der Waals surface area (Å²) in [5.41, 5.74) is 7.04. The van der Waals surface area contributed by atoms with Crippen LogP contribution in [0.3, 0.4) is 0 Å². The fourth-order valence-corrected chi connectivity index (χ4v) is 4.38. The van der Waals surface area contributed by atoms with E-state index < -0.39 is 9.84 Å². The first kappa shape index (κ1) is 12.7. The van der Waals surface area contributed by atoms with Gasteiger partial charge in [0, 0.05) is 12.2 Å². The van der Waals surface area contributed by atoms with Crippen molar-refractivity contribution in [2.24, 2.45) is 0 Å². The Balaban J connectivity index is 1.89. The Bertz CT molecular complexity index is 629. The van der Waals surface area contributed by atoms with E-state index >= 15 is 0 Å². The maximum absolute atomic E-state index is 12.4. The second-order valence-electron chi connectivity index (χ2n) is 5.25. The molecule has 0 spiro atoms. The minimum atomic E-state index is -3.30. The van der Waals surface area contributed by atoms with Gasteiger partial charge in [0.05, 0.1) is 9.80 Å². The molecule has 0 unspecified atom stereocenters. The molecule has 2 heterocycles. The van der Waals surface area contributed by atoms with Gasteiger partial charge in [0.15, 0.2) is 0 Å². The highest BCUT2D eigenvalue weighted by molar-refractivity contribution is 7.95. The summed E-state index contributed by atoms with van der Waals surface area (Å²) < 4.78 is 24.9. The summed E-state index contributed by atoms with van der Waals surface area (Å²) in [4.78, 5) is 3.13. The summed E-state index contributed by atoms with van der Waals surface area (Å²) in [6, 6.07) is 4.99. The highest BCUT2D eigenvalue weighted by Crippen LogP contribution is 2.34. The zero-order chi connectivity index (χ0) is 13.5. The van der Waals surface area contributed by atoms with E-state index in [1.165, 1.54) is 6.42 Å². The number of nitrogen functional groups attached to an aromatic ring is 1. The lowest BCUT2D eigenvalue weighted by atomic mass is 10.1. The number of benzene rings is 1. The molecule has 0 saturated carbocycles. The second kappa shape index (κ2) is 4.65. The fourth-order valence-electron chi connectivity index (χ4n) is 2.79. The molecule has 19 heavy (non-hydrogen) atoms. The van der Waals surface area contributed by atoms with E-state index in [1.807, 2.05) is 0 Å². The summed E-state index contributed by atoms with van der Waals surface area (Å²) in [7, 11) is -3.30. The van der Waals surface area contributed by atoms with Gasteiger partial charge >= 0.3 is 0 Å². The van der Waals surface area contributed by atoms with Gasteiger partial charge in [-0.25, -0.2) is 8.42 Å².